The molecular formula is C11H15NO. The summed E-state index contributed by atoms with van der Waals surface area (Å²) in [5.41, 5.74) is 3.14. The maximum absolute atomic E-state index is 10.8. The number of H-pyrrole nitrogens is 1. The SMILES string of the molecule is Cc1cc(C2CCCC2)c(C=O)[nH]1. The molecule has 0 aliphatic heterocycles. The van der Waals surface area contributed by atoms with Crippen LogP contribution in [0.15, 0.2) is 6.07 Å². The van der Waals surface area contributed by atoms with Crippen molar-refractivity contribution in [2.75, 3.05) is 0 Å². The minimum absolute atomic E-state index is 0.630. The second-order valence-corrected chi connectivity index (χ2v) is 3.92. The molecule has 2 nitrogen and oxygen atoms in total. The second kappa shape index (κ2) is 3.36. The van der Waals surface area contributed by atoms with Gasteiger partial charge in [0.1, 0.15) is 0 Å². The highest BCUT2D eigenvalue weighted by atomic mass is 16.1. The Labute approximate surface area is 78.4 Å². The monoisotopic (exact) mass is 177 g/mol. The Morgan fingerprint density at radius 3 is 2.77 bits per heavy atom. The molecule has 0 aromatic carbocycles. The van der Waals surface area contributed by atoms with Crippen molar-refractivity contribution in [2.45, 2.75) is 38.5 Å². The smallest absolute Gasteiger partial charge is 0.166 e. The van der Waals surface area contributed by atoms with Gasteiger partial charge in [-0.3, -0.25) is 4.79 Å². The fourth-order valence-corrected chi connectivity index (χ4v) is 2.30. The largest absolute Gasteiger partial charge is 0.356 e. The van der Waals surface area contributed by atoms with Gasteiger partial charge < -0.3 is 4.98 Å². The number of hydrogen-bond acceptors (Lipinski definition) is 1. The van der Waals surface area contributed by atoms with E-state index in [1.54, 1.807) is 0 Å². The molecule has 1 aliphatic rings. The summed E-state index contributed by atoms with van der Waals surface area (Å²) < 4.78 is 0. The molecule has 1 aromatic rings. The van der Waals surface area contributed by atoms with Crippen LogP contribution >= 0.6 is 0 Å². The maximum atomic E-state index is 10.8. The summed E-state index contributed by atoms with van der Waals surface area (Å²) in [6, 6.07) is 2.12. The number of carbonyl (C=O) groups is 1. The minimum atomic E-state index is 0.630. The third-order valence-electron chi connectivity index (χ3n) is 2.93. The molecule has 1 heterocycles. The summed E-state index contributed by atoms with van der Waals surface area (Å²) in [7, 11) is 0. The number of aldehydes is 1. The van der Waals surface area contributed by atoms with Crippen molar-refractivity contribution in [3.63, 3.8) is 0 Å². The van der Waals surface area contributed by atoms with E-state index >= 15 is 0 Å². The Hall–Kier alpha value is -1.05. The molecule has 1 aliphatic carbocycles. The molecular weight excluding hydrogens is 162 g/mol. The van der Waals surface area contributed by atoms with Crippen molar-refractivity contribution in [1.29, 1.82) is 0 Å². The molecule has 0 radical (unpaired) electrons. The zero-order valence-corrected chi connectivity index (χ0v) is 7.97. The first-order chi connectivity index (χ1) is 6.31. The molecule has 0 saturated heterocycles. The van der Waals surface area contributed by atoms with Crippen LogP contribution in [0.3, 0.4) is 0 Å². The van der Waals surface area contributed by atoms with Gasteiger partial charge in [0.05, 0.1) is 5.69 Å². The molecule has 70 valence electrons. The molecule has 2 heteroatoms. The van der Waals surface area contributed by atoms with E-state index in [-0.39, 0.29) is 0 Å². The number of aromatic nitrogens is 1. The Kier molecular flexibility index (Phi) is 2.21. The van der Waals surface area contributed by atoms with Crippen LogP contribution in [0.4, 0.5) is 0 Å². The van der Waals surface area contributed by atoms with Gasteiger partial charge in [-0.15, -0.1) is 0 Å². The molecule has 1 fully saturated rings. The fraction of sp³-hybridized carbons (Fsp3) is 0.545. The zero-order valence-electron chi connectivity index (χ0n) is 7.97. The topological polar surface area (TPSA) is 32.9 Å². The summed E-state index contributed by atoms with van der Waals surface area (Å²) in [5.74, 6) is 0.630. The lowest BCUT2D eigenvalue weighted by Crippen LogP contribution is -1.94. The minimum Gasteiger partial charge on any atom is -0.356 e. The number of rotatable bonds is 2. The Morgan fingerprint density at radius 1 is 1.46 bits per heavy atom. The van der Waals surface area contributed by atoms with E-state index in [0.717, 1.165) is 17.7 Å². The van der Waals surface area contributed by atoms with E-state index in [1.807, 2.05) is 6.92 Å². The maximum Gasteiger partial charge on any atom is 0.166 e. The van der Waals surface area contributed by atoms with E-state index < -0.39 is 0 Å². The summed E-state index contributed by atoms with van der Waals surface area (Å²) in [4.78, 5) is 13.9. The van der Waals surface area contributed by atoms with E-state index in [9.17, 15) is 4.79 Å². The Balaban J connectivity index is 2.31. The lowest BCUT2D eigenvalue weighted by atomic mass is 9.98. The van der Waals surface area contributed by atoms with Crippen LogP contribution in [0, 0.1) is 6.92 Å². The van der Waals surface area contributed by atoms with Crippen molar-refractivity contribution < 1.29 is 4.79 Å². The summed E-state index contributed by atoms with van der Waals surface area (Å²) >= 11 is 0. The summed E-state index contributed by atoms with van der Waals surface area (Å²) in [6.45, 7) is 2.01. The predicted molar refractivity (Wildman–Crippen MR) is 52.1 cm³/mol. The van der Waals surface area contributed by atoms with Crippen LogP contribution in [-0.2, 0) is 0 Å². The van der Waals surface area contributed by atoms with Crippen molar-refractivity contribution in [1.82, 2.24) is 4.98 Å². The van der Waals surface area contributed by atoms with Crippen LogP contribution in [0.2, 0.25) is 0 Å². The third-order valence-corrected chi connectivity index (χ3v) is 2.93. The van der Waals surface area contributed by atoms with Crippen LogP contribution in [0.1, 0.15) is 53.3 Å². The van der Waals surface area contributed by atoms with E-state index in [2.05, 4.69) is 11.1 Å². The van der Waals surface area contributed by atoms with Gasteiger partial charge in [-0.2, -0.15) is 0 Å². The van der Waals surface area contributed by atoms with Crippen LogP contribution in [-0.4, -0.2) is 11.3 Å². The van der Waals surface area contributed by atoms with E-state index in [1.165, 1.54) is 31.2 Å². The highest BCUT2D eigenvalue weighted by Gasteiger charge is 2.20. The van der Waals surface area contributed by atoms with Gasteiger partial charge in [0.15, 0.2) is 6.29 Å². The first-order valence-electron chi connectivity index (χ1n) is 4.96. The van der Waals surface area contributed by atoms with Crippen LogP contribution in [0.25, 0.3) is 0 Å². The van der Waals surface area contributed by atoms with E-state index in [0.29, 0.717) is 5.92 Å². The molecule has 0 bridgehead atoms. The van der Waals surface area contributed by atoms with Gasteiger partial charge in [-0.1, -0.05) is 12.8 Å². The highest BCUT2D eigenvalue weighted by Crippen LogP contribution is 2.35. The second-order valence-electron chi connectivity index (χ2n) is 3.92. The molecule has 0 unspecified atom stereocenters. The Morgan fingerprint density at radius 2 is 2.15 bits per heavy atom. The number of aromatic amines is 1. The number of hydrogen-bond donors (Lipinski definition) is 1. The number of nitrogens with one attached hydrogen (secondary N) is 1. The third kappa shape index (κ3) is 1.53. The summed E-state index contributed by atoms with van der Waals surface area (Å²) in [6.07, 6.45) is 6.07. The standard InChI is InChI=1S/C11H15NO/c1-8-6-10(11(7-13)12-8)9-4-2-3-5-9/h6-7,9,12H,2-5H2,1H3. The molecule has 0 atom stereocenters. The molecule has 13 heavy (non-hydrogen) atoms. The highest BCUT2D eigenvalue weighted by molar-refractivity contribution is 5.75. The molecule has 0 amide bonds. The van der Waals surface area contributed by atoms with Crippen LogP contribution in [0.5, 0.6) is 0 Å². The van der Waals surface area contributed by atoms with Crippen molar-refractivity contribution in [2.24, 2.45) is 0 Å². The average Bonchev–Trinajstić information content (AvgIpc) is 2.71. The van der Waals surface area contributed by atoms with Gasteiger partial charge in [0.25, 0.3) is 0 Å². The van der Waals surface area contributed by atoms with Gasteiger partial charge in [-0.25, -0.2) is 0 Å². The predicted octanol–water partition coefficient (Wildman–Crippen LogP) is 2.79. The molecule has 1 aromatic heterocycles. The fourth-order valence-electron chi connectivity index (χ4n) is 2.30. The Bertz CT molecular complexity index is 308. The van der Waals surface area contributed by atoms with Crippen LogP contribution < -0.4 is 0 Å². The average molecular weight is 177 g/mol. The van der Waals surface area contributed by atoms with Gasteiger partial charge in [0, 0.05) is 5.69 Å². The van der Waals surface area contributed by atoms with Crippen molar-refractivity contribution in [3.8, 4) is 0 Å². The summed E-state index contributed by atoms with van der Waals surface area (Å²) in [5, 5.41) is 0. The molecule has 2 rings (SSSR count). The molecule has 1 saturated carbocycles. The molecule has 0 spiro atoms. The lowest BCUT2D eigenvalue weighted by Gasteiger charge is -2.06. The van der Waals surface area contributed by atoms with Gasteiger partial charge in [0.2, 0.25) is 0 Å². The lowest BCUT2D eigenvalue weighted by molar-refractivity contribution is 0.111. The van der Waals surface area contributed by atoms with Crippen molar-refractivity contribution in [3.05, 3.63) is 23.0 Å². The van der Waals surface area contributed by atoms with Gasteiger partial charge in [-0.05, 0) is 37.3 Å². The first kappa shape index (κ1) is 8.54. The molecule has 1 N–H and O–H groups in total. The van der Waals surface area contributed by atoms with Gasteiger partial charge >= 0.3 is 0 Å². The first-order valence-corrected chi connectivity index (χ1v) is 4.96. The normalized spacial score (nSPS) is 17.9. The number of carbonyl (C=O) groups excluding carboxylic acids is 1. The van der Waals surface area contributed by atoms with E-state index in [4.69, 9.17) is 0 Å². The quantitative estimate of drug-likeness (QED) is 0.692. The van der Waals surface area contributed by atoms with Crippen molar-refractivity contribution >= 4 is 6.29 Å². The number of aryl methyl sites for hydroxylation is 1. The zero-order chi connectivity index (χ0) is 9.26.